The topological polar surface area (TPSA) is 21.3 Å². The first-order valence-electron chi connectivity index (χ1n) is 4.43. The molecule has 0 amide bonds. The maximum absolute atomic E-state index is 11.8. The third kappa shape index (κ3) is 3.16. The first-order chi connectivity index (χ1) is 6.77. The summed E-state index contributed by atoms with van der Waals surface area (Å²) in [5.74, 6) is 0.666. The summed E-state index contributed by atoms with van der Waals surface area (Å²) in [6, 6.07) is 7.47. The number of hydrogen-bond donors (Lipinski definition) is 1. The van der Waals surface area contributed by atoms with Crippen molar-refractivity contribution in [3.63, 3.8) is 0 Å². The van der Waals surface area contributed by atoms with E-state index in [4.69, 9.17) is 16.5 Å². The SMILES string of the molecule is C[C@@H](NCl)c1cccc(OCCF)c1. The van der Waals surface area contributed by atoms with Gasteiger partial charge < -0.3 is 4.74 Å². The lowest BCUT2D eigenvalue weighted by Gasteiger charge is -2.10. The van der Waals surface area contributed by atoms with Gasteiger partial charge >= 0.3 is 0 Å². The Balaban J connectivity index is 2.68. The van der Waals surface area contributed by atoms with Gasteiger partial charge in [-0.2, -0.15) is 0 Å². The molecule has 1 aromatic carbocycles. The number of hydrogen-bond acceptors (Lipinski definition) is 2. The Morgan fingerprint density at radius 3 is 3.00 bits per heavy atom. The van der Waals surface area contributed by atoms with E-state index in [0.717, 1.165) is 5.56 Å². The molecule has 0 heterocycles. The fourth-order valence-corrected chi connectivity index (χ4v) is 1.22. The number of benzene rings is 1. The quantitative estimate of drug-likeness (QED) is 0.766. The molecule has 14 heavy (non-hydrogen) atoms. The molecule has 0 saturated carbocycles. The predicted molar refractivity (Wildman–Crippen MR) is 55.3 cm³/mol. The van der Waals surface area contributed by atoms with Gasteiger partial charge in [-0.05, 0) is 36.4 Å². The standard InChI is InChI=1S/C10H13ClFNO/c1-8(13-11)9-3-2-4-10(7-9)14-6-5-12/h2-4,7-8,13H,5-6H2,1H3/t8-/m1/s1. The highest BCUT2D eigenvalue weighted by atomic mass is 35.5. The van der Waals surface area contributed by atoms with Crippen molar-refractivity contribution in [2.45, 2.75) is 13.0 Å². The minimum Gasteiger partial charge on any atom is -0.491 e. The lowest BCUT2D eigenvalue weighted by molar-refractivity contribution is 0.273. The van der Waals surface area contributed by atoms with Gasteiger partial charge in [0.15, 0.2) is 0 Å². The largest absolute Gasteiger partial charge is 0.491 e. The monoisotopic (exact) mass is 217 g/mol. The highest BCUT2D eigenvalue weighted by Crippen LogP contribution is 2.19. The molecule has 0 unspecified atom stereocenters. The van der Waals surface area contributed by atoms with Crippen LogP contribution in [0.4, 0.5) is 4.39 Å². The van der Waals surface area contributed by atoms with Crippen LogP contribution in [0.15, 0.2) is 24.3 Å². The predicted octanol–water partition coefficient (Wildman–Crippen LogP) is 2.84. The molecule has 4 heteroatoms. The van der Waals surface area contributed by atoms with Crippen LogP contribution in [0.2, 0.25) is 0 Å². The van der Waals surface area contributed by atoms with E-state index >= 15 is 0 Å². The van der Waals surface area contributed by atoms with Gasteiger partial charge in [-0.25, -0.2) is 9.23 Å². The molecule has 0 aliphatic rings. The van der Waals surface area contributed by atoms with Crippen LogP contribution >= 0.6 is 11.8 Å². The van der Waals surface area contributed by atoms with Crippen molar-refractivity contribution in [1.82, 2.24) is 4.84 Å². The minimum atomic E-state index is -0.479. The summed E-state index contributed by atoms with van der Waals surface area (Å²) in [5.41, 5.74) is 1.01. The van der Waals surface area contributed by atoms with E-state index in [1.165, 1.54) is 0 Å². The Labute approximate surface area is 88.1 Å². The first kappa shape index (κ1) is 11.3. The molecule has 0 spiro atoms. The second-order valence-electron chi connectivity index (χ2n) is 2.94. The first-order valence-corrected chi connectivity index (χ1v) is 4.80. The molecule has 1 atom stereocenters. The summed E-state index contributed by atoms with van der Waals surface area (Å²) in [5, 5.41) is 0. The van der Waals surface area contributed by atoms with Gasteiger partial charge in [0.25, 0.3) is 0 Å². The normalized spacial score (nSPS) is 12.5. The second kappa shape index (κ2) is 5.83. The van der Waals surface area contributed by atoms with E-state index < -0.39 is 6.67 Å². The van der Waals surface area contributed by atoms with Crippen LogP contribution in [0.25, 0.3) is 0 Å². The lowest BCUT2D eigenvalue weighted by Crippen LogP contribution is -2.07. The molecule has 0 radical (unpaired) electrons. The average molecular weight is 218 g/mol. The molecule has 2 nitrogen and oxygen atoms in total. The van der Waals surface area contributed by atoms with Gasteiger partial charge in [-0.3, -0.25) is 0 Å². The zero-order valence-corrected chi connectivity index (χ0v) is 8.72. The molecular formula is C10H13ClFNO. The van der Waals surface area contributed by atoms with E-state index in [2.05, 4.69) is 4.84 Å². The summed E-state index contributed by atoms with van der Waals surface area (Å²) < 4.78 is 17.0. The van der Waals surface area contributed by atoms with E-state index in [-0.39, 0.29) is 12.6 Å². The Kier molecular flexibility index (Phi) is 4.70. The third-order valence-corrected chi connectivity index (χ3v) is 2.19. The van der Waals surface area contributed by atoms with Gasteiger partial charge in [-0.15, -0.1) is 0 Å². The fraction of sp³-hybridized carbons (Fsp3) is 0.400. The maximum Gasteiger partial charge on any atom is 0.123 e. The third-order valence-electron chi connectivity index (χ3n) is 1.87. The summed E-state index contributed by atoms with van der Waals surface area (Å²) >= 11 is 5.49. The van der Waals surface area contributed by atoms with Crippen LogP contribution in [0.1, 0.15) is 18.5 Å². The molecule has 1 N–H and O–H groups in total. The van der Waals surface area contributed by atoms with Gasteiger partial charge in [0.1, 0.15) is 19.0 Å². The Morgan fingerprint density at radius 1 is 1.57 bits per heavy atom. The number of alkyl halides is 1. The van der Waals surface area contributed by atoms with E-state index in [0.29, 0.717) is 5.75 Å². The molecular weight excluding hydrogens is 205 g/mol. The van der Waals surface area contributed by atoms with Gasteiger partial charge in [0.2, 0.25) is 0 Å². The minimum absolute atomic E-state index is 0.0468. The van der Waals surface area contributed by atoms with Crippen molar-refractivity contribution in [2.24, 2.45) is 0 Å². The maximum atomic E-state index is 11.8. The number of halogens is 2. The molecule has 0 aliphatic heterocycles. The second-order valence-corrected chi connectivity index (χ2v) is 3.16. The molecule has 0 aromatic heterocycles. The van der Waals surface area contributed by atoms with Crippen LogP contribution in [0, 0.1) is 0 Å². The van der Waals surface area contributed by atoms with E-state index in [1.54, 1.807) is 6.07 Å². The summed E-state index contributed by atoms with van der Waals surface area (Å²) in [6.07, 6.45) is 0. The van der Waals surface area contributed by atoms with Crippen molar-refractivity contribution in [3.05, 3.63) is 29.8 Å². The zero-order chi connectivity index (χ0) is 10.4. The van der Waals surface area contributed by atoms with E-state index in [9.17, 15) is 4.39 Å². The summed E-state index contributed by atoms with van der Waals surface area (Å²) in [6.45, 7) is 1.54. The van der Waals surface area contributed by atoms with Gasteiger partial charge in [0, 0.05) is 6.04 Å². The Hall–Kier alpha value is -0.800. The summed E-state index contributed by atoms with van der Waals surface area (Å²) in [4.78, 5) is 2.61. The molecule has 78 valence electrons. The van der Waals surface area contributed by atoms with Gasteiger partial charge in [-0.1, -0.05) is 12.1 Å². The zero-order valence-electron chi connectivity index (χ0n) is 7.97. The van der Waals surface area contributed by atoms with Crippen molar-refractivity contribution in [3.8, 4) is 5.75 Å². The molecule has 1 rings (SSSR count). The Bertz CT molecular complexity index is 283. The van der Waals surface area contributed by atoms with Crippen LogP contribution < -0.4 is 9.57 Å². The van der Waals surface area contributed by atoms with Crippen LogP contribution in [-0.2, 0) is 0 Å². The number of nitrogens with one attached hydrogen (secondary N) is 1. The van der Waals surface area contributed by atoms with Crippen LogP contribution in [-0.4, -0.2) is 13.3 Å². The highest BCUT2D eigenvalue weighted by molar-refractivity contribution is 6.13. The lowest BCUT2D eigenvalue weighted by atomic mass is 10.1. The molecule has 0 saturated heterocycles. The van der Waals surface area contributed by atoms with Crippen LogP contribution in [0.5, 0.6) is 5.75 Å². The highest BCUT2D eigenvalue weighted by Gasteiger charge is 2.04. The van der Waals surface area contributed by atoms with Crippen molar-refractivity contribution >= 4 is 11.8 Å². The summed E-state index contributed by atoms with van der Waals surface area (Å²) in [7, 11) is 0. The molecule has 0 fully saturated rings. The van der Waals surface area contributed by atoms with Crippen molar-refractivity contribution in [1.29, 1.82) is 0 Å². The smallest absolute Gasteiger partial charge is 0.123 e. The van der Waals surface area contributed by atoms with Crippen molar-refractivity contribution in [2.75, 3.05) is 13.3 Å². The van der Waals surface area contributed by atoms with Crippen LogP contribution in [0.3, 0.4) is 0 Å². The average Bonchev–Trinajstić information content (AvgIpc) is 2.25. The number of rotatable bonds is 5. The molecule has 0 aliphatic carbocycles. The molecule has 1 aromatic rings. The fourth-order valence-electron chi connectivity index (χ4n) is 1.09. The van der Waals surface area contributed by atoms with E-state index in [1.807, 2.05) is 25.1 Å². The van der Waals surface area contributed by atoms with Crippen molar-refractivity contribution < 1.29 is 9.13 Å². The molecule has 0 bridgehead atoms. The van der Waals surface area contributed by atoms with Gasteiger partial charge in [0.05, 0.1) is 0 Å². The number of ether oxygens (including phenoxy) is 1. The Morgan fingerprint density at radius 2 is 2.36 bits per heavy atom.